The Balaban J connectivity index is 2.26. The second kappa shape index (κ2) is 9.82. The molecule has 1 unspecified atom stereocenters. The molecule has 0 saturated carbocycles. The molecule has 5 nitrogen and oxygen atoms in total. The second-order valence-corrected chi connectivity index (χ2v) is 5.56. The van der Waals surface area contributed by atoms with Gasteiger partial charge in [-0.3, -0.25) is 9.59 Å². The Morgan fingerprint density at radius 3 is 2.41 bits per heavy atom. The van der Waals surface area contributed by atoms with Crippen LogP contribution in [0.2, 0.25) is 0 Å². The molecule has 0 aliphatic rings. The highest BCUT2D eigenvalue weighted by atomic mass is 16.2. The maximum absolute atomic E-state index is 12.0. The Bertz CT molecular complexity index is 471. The first-order valence-corrected chi connectivity index (χ1v) is 7.96. The Kier molecular flexibility index (Phi) is 8.04. The van der Waals surface area contributed by atoms with Crippen LogP contribution in [0.4, 0.5) is 5.69 Å². The minimum atomic E-state index is -0.263. The molecule has 0 aromatic heterocycles. The molecule has 0 aliphatic heterocycles. The summed E-state index contributed by atoms with van der Waals surface area (Å²) in [7, 11) is 0. The number of carbonyl (C=O) groups is 2. The van der Waals surface area contributed by atoms with Crippen LogP contribution in [0, 0.1) is 5.92 Å². The molecular formula is C17H27N3O2. The molecule has 22 heavy (non-hydrogen) atoms. The Hall–Kier alpha value is -2.04. The molecule has 1 rings (SSSR count). The quantitative estimate of drug-likeness (QED) is 0.581. The molecule has 0 saturated heterocycles. The van der Waals surface area contributed by atoms with Crippen molar-refractivity contribution in [3.05, 3.63) is 29.8 Å². The van der Waals surface area contributed by atoms with Crippen molar-refractivity contribution in [1.82, 2.24) is 5.32 Å². The minimum absolute atomic E-state index is 0.0648. The van der Waals surface area contributed by atoms with Gasteiger partial charge in [-0.15, -0.1) is 0 Å². The van der Waals surface area contributed by atoms with E-state index in [0.29, 0.717) is 12.1 Å². The topological polar surface area (TPSA) is 84.2 Å². The molecule has 0 radical (unpaired) electrons. The molecule has 0 spiro atoms. The second-order valence-electron chi connectivity index (χ2n) is 5.56. The molecule has 0 aliphatic carbocycles. The lowest BCUT2D eigenvalue weighted by atomic mass is 10.0. The predicted octanol–water partition coefficient (Wildman–Crippen LogP) is 2.53. The highest BCUT2D eigenvalue weighted by Crippen LogP contribution is 2.10. The molecule has 1 aromatic rings. The summed E-state index contributed by atoms with van der Waals surface area (Å²) in [6, 6.07) is 7.48. The van der Waals surface area contributed by atoms with Gasteiger partial charge < -0.3 is 16.4 Å². The standard InChI is InChI=1S/C17H27N3O2/c1-3-11-19-15-9-7-14(8-10-15)17(22)20-12-5-4-6-13(2)16(18)21/h7-10,13,19H,3-6,11-12H2,1-2H3,(H2,18,21)(H,20,22). The molecule has 0 fully saturated rings. The highest BCUT2D eigenvalue weighted by Gasteiger charge is 2.08. The van der Waals surface area contributed by atoms with E-state index in [-0.39, 0.29) is 17.7 Å². The van der Waals surface area contributed by atoms with Gasteiger partial charge in [0.15, 0.2) is 0 Å². The van der Waals surface area contributed by atoms with Crippen LogP contribution in [0.25, 0.3) is 0 Å². The van der Waals surface area contributed by atoms with Gasteiger partial charge in [-0.05, 0) is 43.5 Å². The van der Waals surface area contributed by atoms with Gasteiger partial charge in [0.2, 0.25) is 5.91 Å². The molecule has 122 valence electrons. The molecular weight excluding hydrogens is 278 g/mol. The van der Waals surface area contributed by atoms with Gasteiger partial charge in [0.05, 0.1) is 0 Å². The molecule has 0 bridgehead atoms. The minimum Gasteiger partial charge on any atom is -0.385 e. The fraction of sp³-hybridized carbons (Fsp3) is 0.529. The first kappa shape index (κ1) is 18.0. The van der Waals surface area contributed by atoms with Crippen molar-refractivity contribution in [2.75, 3.05) is 18.4 Å². The lowest BCUT2D eigenvalue weighted by Crippen LogP contribution is -2.25. The van der Waals surface area contributed by atoms with E-state index in [1.165, 1.54) is 0 Å². The van der Waals surface area contributed by atoms with E-state index in [9.17, 15) is 9.59 Å². The third-order valence-corrected chi connectivity index (χ3v) is 3.56. The maximum Gasteiger partial charge on any atom is 0.251 e. The number of nitrogens with one attached hydrogen (secondary N) is 2. The Morgan fingerprint density at radius 1 is 1.14 bits per heavy atom. The van der Waals surface area contributed by atoms with Crippen molar-refractivity contribution in [3.8, 4) is 0 Å². The van der Waals surface area contributed by atoms with Crippen LogP contribution in [0.3, 0.4) is 0 Å². The summed E-state index contributed by atoms with van der Waals surface area (Å²) < 4.78 is 0. The maximum atomic E-state index is 12.0. The number of hydrogen-bond acceptors (Lipinski definition) is 3. The number of primary amides is 1. The number of nitrogens with two attached hydrogens (primary N) is 1. The first-order chi connectivity index (χ1) is 10.5. The number of anilines is 1. The number of unbranched alkanes of at least 4 members (excludes halogenated alkanes) is 1. The average Bonchev–Trinajstić information content (AvgIpc) is 2.52. The number of carbonyl (C=O) groups excluding carboxylic acids is 2. The fourth-order valence-electron chi connectivity index (χ4n) is 2.03. The fourth-order valence-corrected chi connectivity index (χ4v) is 2.03. The Morgan fingerprint density at radius 2 is 1.82 bits per heavy atom. The molecule has 4 N–H and O–H groups in total. The average molecular weight is 305 g/mol. The van der Waals surface area contributed by atoms with Crippen LogP contribution in [-0.2, 0) is 4.79 Å². The van der Waals surface area contributed by atoms with E-state index in [0.717, 1.165) is 37.9 Å². The summed E-state index contributed by atoms with van der Waals surface area (Å²) in [5, 5.41) is 6.16. The number of amides is 2. The lowest BCUT2D eigenvalue weighted by molar-refractivity contribution is -0.121. The summed E-state index contributed by atoms with van der Waals surface area (Å²) in [5.41, 5.74) is 6.89. The normalized spacial score (nSPS) is 11.7. The van der Waals surface area contributed by atoms with Crippen molar-refractivity contribution in [2.45, 2.75) is 39.5 Å². The van der Waals surface area contributed by atoms with Gasteiger partial charge in [-0.2, -0.15) is 0 Å². The molecule has 5 heteroatoms. The van der Waals surface area contributed by atoms with Crippen molar-refractivity contribution in [1.29, 1.82) is 0 Å². The van der Waals surface area contributed by atoms with Gasteiger partial charge in [-0.25, -0.2) is 0 Å². The van der Waals surface area contributed by atoms with E-state index in [1.54, 1.807) is 0 Å². The number of hydrogen-bond donors (Lipinski definition) is 3. The van der Waals surface area contributed by atoms with Crippen molar-refractivity contribution < 1.29 is 9.59 Å². The van der Waals surface area contributed by atoms with E-state index >= 15 is 0 Å². The van der Waals surface area contributed by atoms with Crippen molar-refractivity contribution in [2.24, 2.45) is 11.7 Å². The number of rotatable bonds is 10. The molecule has 2 amide bonds. The van der Waals surface area contributed by atoms with Gasteiger partial charge in [0, 0.05) is 30.3 Å². The first-order valence-electron chi connectivity index (χ1n) is 7.96. The van der Waals surface area contributed by atoms with E-state index < -0.39 is 0 Å². The van der Waals surface area contributed by atoms with Crippen LogP contribution in [-0.4, -0.2) is 24.9 Å². The summed E-state index contributed by atoms with van der Waals surface area (Å²) in [4.78, 5) is 22.9. The summed E-state index contributed by atoms with van der Waals surface area (Å²) in [6.07, 6.45) is 3.56. The van der Waals surface area contributed by atoms with Crippen LogP contribution in [0.1, 0.15) is 49.9 Å². The van der Waals surface area contributed by atoms with E-state index in [2.05, 4.69) is 17.6 Å². The summed E-state index contributed by atoms with van der Waals surface area (Å²) in [5.74, 6) is -0.426. The van der Waals surface area contributed by atoms with Crippen LogP contribution < -0.4 is 16.4 Å². The zero-order valence-corrected chi connectivity index (χ0v) is 13.5. The Labute approximate surface area is 132 Å². The van der Waals surface area contributed by atoms with Crippen molar-refractivity contribution in [3.63, 3.8) is 0 Å². The third kappa shape index (κ3) is 6.61. The summed E-state index contributed by atoms with van der Waals surface area (Å²) >= 11 is 0. The third-order valence-electron chi connectivity index (χ3n) is 3.56. The largest absolute Gasteiger partial charge is 0.385 e. The van der Waals surface area contributed by atoms with Gasteiger partial charge in [0.1, 0.15) is 0 Å². The zero-order chi connectivity index (χ0) is 16.4. The van der Waals surface area contributed by atoms with E-state index in [4.69, 9.17) is 5.73 Å². The van der Waals surface area contributed by atoms with Crippen molar-refractivity contribution >= 4 is 17.5 Å². The van der Waals surface area contributed by atoms with Crippen LogP contribution in [0.15, 0.2) is 24.3 Å². The van der Waals surface area contributed by atoms with E-state index in [1.807, 2.05) is 31.2 Å². The summed E-state index contributed by atoms with van der Waals surface area (Å²) in [6.45, 7) is 5.48. The smallest absolute Gasteiger partial charge is 0.251 e. The lowest BCUT2D eigenvalue weighted by Gasteiger charge is -2.09. The molecule has 0 heterocycles. The van der Waals surface area contributed by atoms with Gasteiger partial charge in [-0.1, -0.05) is 20.3 Å². The predicted molar refractivity (Wildman–Crippen MR) is 89.8 cm³/mol. The monoisotopic (exact) mass is 305 g/mol. The zero-order valence-electron chi connectivity index (χ0n) is 13.5. The van der Waals surface area contributed by atoms with Gasteiger partial charge in [0.25, 0.3) is 5.91 Å². The number of benzene rings is 1. The van der Waals surface area contributed by atoms with Gasteiger partial charge >= 0.3 is 0 Å². The van der Waals surface area contributed by atoms with Crippen LogP contribution in [0.5, 0.6) is 0 Å². The molecule has 1 atom stereocenters. The molecule has 1 aromatic carbocycles. The SMILES string of the molecule is CCCNc1ccc(C(=O)NCCCCC(C)C(N)=O)cc1. The van der Waals surface area contributed by atoms with Crippen LogP contribution >= 0.6 is 0 Å². The highest BCUT2D eigenvalue weighted by molar-refractivity contribution is 5.94.